The van der Waals surface area contributed by atoms with Gasteiger partial charge >= 0.3 is 5.97 Å². The number of nitrogens with zero attached hydrogens (tertiary/aromatic N) is 2. The van der Waals surface area contributed by atoms with E-state index in [0.717, 1.165) is 0 Å². The first-order valence-corrected chi connectivity index (χ1v) is 6.40. The molecule has 1 aliphatic heterocycles. The van der Waals surface area contributed by atoms with Crippen molar-refractivity contribution in [3.63, 3.8) is 0 Å². The number of nitro benzene ring substituents is 1. The van der Waals surface area contributed by atoms with E-state index >= 15 is 0 Å². The van der Waals surface area contributed by atoms with Gasteiger partial charge in [-0.1, -0.05) is 18.2 Å². The topological polar surface area (TPSA) is 101 Å². The molecular formula is C15H10N2O5. The Kier molecular flexibility index (Phi) is 3.10. The second kappa shape index (κ2) is 4.96. The van der Waals surface area contributed by atoms with Crippen LogP contribution in [0.25, 0.3) is 0 Å². The molecule has 0 unspecified atom stereocenters. The fourth-order valence-electron chi connectivity index (χ4n) is 2.52. The molecule has 2 aromatic rings. The van der Waals surface area contributed by atoms with Crippen LogP contribution in [-0.4, -0.2) is 21.9 Å². The fourth-order valence-corrected chi connectivity index (χ4v) is 2.52. The Bertz CT molecular complexity index is 815. The van der Waals surface area contributed by atoms with Gasteiger partial charge in [-0.05, 0) is 17.7 Å². The molecule has 0 fully saturated rings. The third-order valence-electron chi connectivity index (χ3n) is 3.52. The van der Waals surface area contributed by atoms with Crippen molar-refractivity contribution in [2.75, 3.05) is 4.90 Å². The average Bonchev–Trinajstić information content (AvgIpc) is 2.84. The minimum atomic E-state index is -1.17. The largest absolute Gasteiger partial charge is 0.478 e. The lowest BCUT2D eigenvalue weighted by Gasteiger charge is -2.15. The van der Waals surface area contributed by atoms with Crippen molar-refractivity contribution in [1.29, 1.82) is 0 Å². The summed E-state index contributed by atoms with van der Waals surface area (Å²) in [5, 5.41) is 20.0. The van der Waals surface area contributed by atoms with E-state index in [1.54, 1.807) is 18.2 Å². The van der Waals surface area contributed by atoms with Gasteiger partial charge in [0.2, 0.25) is 0 Å². The Labute approximate surface area is 124 Å². The van der Waals surface area contributed by atoms with Gasteiger partial charge in [0.15, 0.2) is 0 Å². The molecule has 7 nitrogen and oxygen atoms in total. The maximum Gasteiger partial charge on any atom is 0.336 e. The summed E-state index contributed by atoms with van der Waals surface area (Å²) < 4.78 is 0. The molecule has 7 heteroatoms. The van der Waals surface area contributed by atoms with Gasteiger partial charge in [0.1, 0.15) is 0 Å². The molecule has 3 rings (SSSR count). The molecule has 1 heterocycles. The van der Waals surface area contributed by atoms with Crippen LogP contribution in [0.2, 0.25) is 0 Å². The molecule has 110 valence electrons. The second-order valence-corrected chi connectivity index (χ2v) is 4.81. The summed E-state index contributed by atoms with van der Waals surface area (Å²) in [6.45, 7) is 0.191. The number of hydrogen-bond acceptors (Lipinski definition) is 4. The highest BCUT2D eigenvalue weighted by molar-refractivity contribution is 6.15. The predicted octanol–water partition coefficient (Wildman–Crippen LogP) is 2.45. The van der Waals surface area contributed by atoms with E-state index in [-0.39, 0.29) is 23.4 Å². The monoisotopic (exact) mass is 298 g/mol. The number of rotatable bonds is 3. The molecule has 1 amide bonds. The minimum Gasteiger partial charge on any atom is -0.478 e. The Morgan fingerprint density at radius 2 is 1.95 bits per heavy atom. The van der Waals surface area contributed by atoms with E-state index in [0.29, 0.717) is 11.3 Å². The number of non-ortho nitro benzene ring substituents is 1. The van der Waals surface area contributed by atoms with E-state index in [2.05, 4.69) is 0 Å². The average molecular weight is 298 g/mol. The van der Waals surface area contributed by atoms with Crippen molar-refractivity contribution in [1.82, 2.24) is 0 Å². The van der Waals surface area contributed by atoms with E-state index < -0.39 is 16.8 Å². The first-order valence-electron chi connectivity index (χ1n) is 6.40. The molecule has 0 radical (unpaired) electrons. The number of anilines is 1. The first kappa shape index (κ1) is 13.7. The van der Waals surface area contributed by atoms with Crippen LogP contribution in [0.4, 0.5) is 11.4 Å². The zero-order chi connectivity index (χ0) is 15.9. The highest BCUT2D eigenvalue weighted by Gasteiger charge is 2.33. The maximum atomic E-state index is 12.5. The van der Waals surface area contributed by atoms with E-state index in [1.165, 1.54) is 29.2 Å². The summed E-state index contributed by atoms with van der Waals surface area (Å²) in [6.07, 6.45) is 0. The summed E-state index contributed by atoms with van der Waals surface area (Å²) >= 11 is 0. The maximum absolute atomic E-state index is 12.5. The number of carbonyl (C=O) groups is 2. The van der Waals surface area contributed by atoms with E-state index in [9.17, 15) is 24.8 Å². The quantitative estimate of drug-likeness (QED) is 0.692. The second-order valence-electron chi connectivity index (χ2n) is 4.81. The third kappa shape index (κ3) is 2.08. The van der Waals surface area contributed by atoms with Gasteiger partial charge in [0.25, 0.3) is 11.6 Å². The number of carboxylic acids is 1. The lowest BCUT2D eigenvalue weighted by Crippen LogP contribution is -2.24. The van der Waals surface area contributed by atoms with Crippen molar-refractivity contribution < 1.29 is 19.6 Å². The van der Waals surface area contributed by atoms with Gasteiger partial charge in [0.05, 0.1) is 28.3 Å². The van der Waals surface area contributed by atoms with Crippen LogP contribution in [0.15, 0.2) is 42.5 Å². The summed E-state index contributed by atoms with van der Waals surface area (Å²) in [5.74, 6) is -1.64. The molecule has 0 saturated heterocycles. The summed E-state index contributed by atoms with van der Waals surface area (Å²) in [7, 11) is 0. The molecule has 0 aromatic heterocycles. The Hall–Kier alpha value is -3.22. The number of fused-ring (bicyclic) bond motifs is 1. The van der Waals surface area contributed by atoms with Crippen LogP contribution < -0.4 is 4.90 Å². The number of carbonyl (C=O) groups excluding carboxylic acids is 1. The Morgan fingerprint density at radius 3 is 2.64 bits per heavy atom. The van der Waals surface area contributed by atoms with Crippen LogP contribution in [0, 0.1) is 10.1 Å². The van der Waals surface area contributed by atoms with Crippen LogP contribution in [0.5, 0.6) is 0 Å². The Morgan fingerprint density at radius 1 is 1.23 bits per heavy atom. The summed E-state index contributed by atoms with van der Waals surface area (Å²) in [4.78, 5) is 35.4. The first-order chi connectivity index (χ1) is 10.5. The van der Waals surface area contributed by atoms with Crippen molar-refractivity contribution in [3.8, 4) is 0 Å². The number of benzene rings is 2. The number of amides is 1. The van der Waals surface area contributed by atoms with Gasteiger partial charge in [-0.3, -0.25) is 14.9 Å². The zero-order valence-electron chi connectivity index (χ0n) is 11.2. The lowest BCUT2D eigenvalue weighted by molar-refractivity contribution is -0.384. The van der Waals surface area contributed by atoms with Gasteiger partial charge in [-0.25, -0.2) is 4.79 Å². The number of carboxylic acid groups (broad SMARTS) is 1. The normalized spacial score (nSPS) is 13.1. The highest BCUT2D eigenvalue weighted by atomic mass is 16.6. The minimum absolute atomic E-state index is 0.0598. The summed E-state index contributed by atoms with van der Waals surface area (Å²) in [6, 6.07) is 10.3. The number of aromatic carboxylic acids is 1. The van der Waals surface area contributed by atoms with Crippen molar-refractivity contribution >= 4 is 23.3 Å². The predicted molar refractivity (Wildman–Crippen MR) is 77.0 cm³/mol. The highest BCUT2D eigenvalue weighted by Crippen LogP contribution is 2.32. The van der Waals surface area contributed by atoms with Crippen LogP contribution in [-0.2, 0) is 6.54 Å². The molecule has 0 atom stereocenters. The third-order valence-corrected chi connectivity index (χ3v) is 3.52. The van der Waals surface area contributed by atoms with Gasteiger partial charge < -0.3 is 10.0 Å². The van der Waals surface area contributed by atoms with Gasteiger partial charge in [-0.15, -0.1) is 0 Å². The number of hydrogen-bond donors (Lipinski definition) is 1. The molecule has 0 spiro atoms. The molecule has 1 N–H and O–H groups in total. The van der Waals surface area contributed by atoms with Crippen LogP contribution in [0.1, 0.15) is 26.3 Å². The Balaban J connectivity index is 2.05. The van der Waals surface area contributed by atoms with E-state index in [1.807, 2.05) is 0 Å². The zero-order valence-corrected chi connectivity index (χ0v) is 11.2. The molecule has 2 aromatic carbocycles. The van der Waals surface area contributed by atoms with Crippen LogP contribution in [0.3, 0.4) is 0 Å². The number of nitro groups is 1. The summed E-state index contributed by atoms with van der Waals surface area (Å²) in [5.41, 5.74) is 0.916. The van der Waals surface area contributed by atoms with Crippen molar-refractivity contribution in [3.05, 3.63) is 69.3 Å². The standard InChI is InChI=1S/C15H10N2O5/c18-14-13-9(3-1-6-12(13)15(19)20)8-16(14)10-4-2-5-11(7-10)17(21)22/h1-7H,8H2,(H,19,20). The SMILES string of the molecule is O=C(O)c1cccc2c1C(=O)N(c1cccc([N+](=O)[O-])c1)C2. The molecular weight excluding hydrogens is 288 g/mol. The molecule has 0 bridgehead atoms. The van der Waals surface area contributed by atoms with Gasteiger partial charge in [-0.2, -0.15) is 0 Å². The molecule has 22 heavy (non-hydrogen) atoms. The fraction of sp³-hybridized carbons (Fsp3) is 0.0667. The van der Waals surface area contributed by atoms with Gasteiger partial charge in [0, 0.05) is 12.1 Å². The van der Waals surface area contributed by atoms with Crippen molar-refractivity contribution in [2.45, 2.75) is 6.54 Å². The lowest BCUT2D eigenvalue weighted by atomic mass is 10.0. The molecule has 0 saturated carbocycles. The molecule has 0 aliphatic carbocycles. The van der Waals surface area contributed by atoms with Crippen LogP contribution >= 0.6 is 0 Å². The smallest absolute Gasteiger partial charge is 0.336 e. The van der Waals surface area contributed by atoms with Crippen molar-refractivity contribution in [2.24, 2.45) is 0 Å². The van der Waals surface area contributed by atoms with E-state index in [4.69, 9.17) is 0 Å². The molecule has 1 aliphatic rings.